The second kappa shape index (κ2) is 8.46. The molecule has 1 heterocycles. The number of hydrogen-bond donors (Lipinski definition) is 2. The molecule has 7 nitrogen and oxygen atoms in total. The molecule has 1 aliphatic carbocycles. The maximum atomic E-state index is 12.7. The summed E-state index contributed by atoms with van der Waals surface area (Å²) in [6.07, 6.45) is 3.63. The van der Waals surface area contributed by atoms with E-state index in [9.17, 15) is 14.4 Å². The van der Waals surface area contributed by atoms with E-state index >= 15 is 0 Å². The number of rotatable bonds is 7. The Hall–Kier alpha value is -2.83. The fraction of sp³-hybridized carbons (Fsp3) is 0.476. The molecule has 2 aliphatic rings. The van der Waals surface area contributed by atoms with Gasteiger partial charge in [-0.15, -0.1) is 0 Å². The number of nitrogens with zero attached hydrogens (tertiary/aromatic N) is 1. The van der Waals surface area contributed by atoms with E-state index in [1.165, 1.54) is 7.11 Å². The van der Waals surface area contributed by atoms with Gasteiger partial charge in [-0.3, -0.25) is 9.69 Å². The Bertz CT molecular complexity index is 814. The molecule has 1 aliphatic heterocycles. The summed E-state index contributed by atoms with van der Waals surface area (Å²) in [5.74, 6) is -0.371. The lowest BCUT2D eigenvalue weighted by atomic mass is 9.94. The van der Waals surface area contributed by atoms with Crippen molar-refractivity contribution in [3.8, 4) is 0 Å². The van der Waals surface area contributed by atoms with Gasteiger partial charge in [0.2, 0.25) is 5.91 Å². The van der Waals surface area contributed by atoms with Crippen LogP contribution in [0.5, 0.6) is 0 Å². The number of benzene rings is 1. The maximum Gasteiger partial charge on any atom is 0.337 e. The van der Waals surface area contributed by atoms with Gasteiger partial charge >= 0.3 is 12.0 Å². The van der Waals surface area contributed by atoms with Crippen molar-refractivity contribution in [2.75, 3.05) is 19.0 Å². The smallest absolute Gasteiger partial charge is 0.337 e. The van der Waals surface area contributed by atoms with E-state index in [1.54, 1.807) is 30.0 Å². The Morgan fingerprint density at radius 1 is 1.32 bits per heavy atom. The van der Waals surface area contributed by atoms with E-state index < -0.39 is 12.0 Å². The standard InChI is InChI=1S/C21H27N3O4/c1-4-5-11-24-13(2)17(20(26)28-3)18(23-21(24)27)15-7-6-8-16(12-15)22-19(25)14-9-10-14/h6-8,12,14,18H,4-5,9-11H2,1-3H3,(H,22,25)(H,23,27)/t18-/m1/s1. The van der Waals surface area contributed by atoms with E-state index in [0.29, 0.717) is 23.5 Å². The minimum absolute atomic E-state index is 0.00971. The number of unbranched alkanes of at least 4 members (excludes halogenated alkanes) is 1. The van der Waals surface area contributed by atoms with E-state index in [2.05, 4.69) is 10.6 Å². The van der Waals surface area contributed by atoms with Crippen LogP contribution in [-0.2, 0) is 14.3 Å². The predicted octanol–water partition coefficient (Wildman–Crippen LogP) is 3.35. The van der Waals surface area contributed by atoms with E-state index in [0.717, 1.165) is 31.2 Å². The molecular weight excluding hydrogens is 358 g/mol. The third-order valence-electron chi connectivity index (χ3n) is 5.17. The third kappa shape index (κ3) is 4.18. The van der Waals surface area contributed by atoms with Crippen molar-refractivity contribution in [1.82, 2.24) is 10.2 Å². The zero-order valence-corrected chi connectivity index (χ0v) is 16.6. The maximum absolute atomic E-state index is 12.7. The molecule has 7 heteroatoms. The fourth-order valence-corrected chi connectivity index (χ4v) is 3.38. The number of nitrogens with one attached hydrogen (secondary N) is 2. The topological polar surface area (TPSA) is 87.7 Å². The van der Waals surface area contributed by atoms with Crippen LogP contribution in [0.2, 0.25) is 0 Å². The predicted molar refractivity (Wildman–Crippen MR) is 105 cm³/mol. The van der Waals surface area contributed by atoms with Crippen LogP contribution in [0.1, 0.15) is 51.1 Å². The summed E-state index contributed by atoms with van der Waals surface area (Å²) in [7, 11) is 1.33. The van der Waals surface area contributed by atoms with Gasteiger partial charge in [0.25, 0.3) is 0 Å². The van der Waals surface area contributed by atoms with Crippen molar-refractivity contribution in [3.63, 3.8) is 0 Å². The number of methoxy groups -OCH3 is 1. The highest BCUT2D eigenvalue weighted by atomic mass is 16.5. The molecule has 1 fully saturated rings. The van der Waals surface area contributed by atoms with Crippen molar-refractivity contribution in [3.05, 3.63) is 41.1 Å². The number of anilines is 1. The average molecular weight is 385 g/mol. The molecule has 1 atom stereocenters. The number of amides is 3. The third-order valence-corrected chi connectivity index (χ3v) is 5.17. The fourth-order valence-electron chi connectivity index (χ4n) is 3.38. The lowest BCUT2D eigenvalue weighted by molar-refractivity contribution is -0.136. The molecule has 0 radical (unpaired) electrons. The Balaban J connectivity index is 1.92. The molecule has 1 aromatic rings. The number of esters is 1. The van der Waals surface area contributed by atoms with Crippen LogP contribution in [0.25, 0.3) is 0 Å². The number of urea groups is 1. The van der Waals surface area contributed by atoms with Crippen molar-refractivity contribution < 1.29 is 19.1 Å². The monoisotopic (exact) mass is 385 g/mol. The van der Waals surface area contributed by atoms with Crippen LogP contribution >= 0.6 is 0 Å². The zero-order valence-electron chi connectivity index (χ0n) is 16.6. The van der Waals surface area contributed by atoms with Crippen LogP contribution in [0.15, 0.2) is 35.5 Å². The van der Waals surface area contributed by atoms with Crippen molar-refractivity contribution >= 4 is 23.6 Å². The van der Waals surface area contributed by atoms with Gasteiger partial charge in [-0.25, -0.2) is 9.59 Å². The zero-order chi connectivity index (χ0) is 20.3. The lowest BCUT2D eigenvalue weighted by Crippen LogP contribution is -2.48. The van der Waals surface area contributed by atoms with Crippen LogP contribution < -0.4 is 10.6 Å². The molecule has 0 spiro atoms. The van der Waals surface area contributed by atoms with Crippen molar-refractivity contribution in [2.45, 2.75) is 45.6 Å². The quantitative estimate of drug-likeness (QED) is 0.705. The molecular formula is C21H27N3O4. The number of ether oxygens (including phenoxy) is 1. The molecule has 0 saturated heterocycles. The first kappa shape index (κ1) is 19.9. The number of hydrogen-bond acceptors (Lipinski definition) is 4. The highest BCUT2D eigenvalue weighted by Crippen LogP contribution is 2.33. The number of allylic oxidation sites excluding steroid dienone is 1. The Morgan fingerprint density at radius 2 is 2.07 bits per heavy atom. The first-order chi connectivity index (χ1) is 13.5. The molecule has 1 aromatic carbocycles. The van der Waals surface area contributed by atoms with Gasteiger partial charge in [-0.1, -0.05) is 25.5 Å². The molecule has 3 rings (SSSR count). The van der Waals surface area contributed by atoms with Gasteiger partial charge in [0.1, 0.15) is 0 Å². The SMILES string of the molecule is CCCCN1C(=O)N[C@H](c2cccc(NC(=O)C3CC3)c2)C(C(=O)OC)=C1C. The molecule has 3 amide bonds. The van der Waals surface area contributed by atoms with Gasteiger partial charge in [0, 0.05) is 23.8 Å². The van der Waals surface area contributed by atoms with Crippen LogP contribution in [0.3, 0.4) is 0 Å². The van der Waals surface area contributed by atoms with Crippen molar-refractivity contribution in [1.29, 1.82) is 0 Å². The summed E-state index contributed by atoms with van der Waals surface area (Å²) in [5, 5.41) is 5.82. The van der Waals surface area contributed by atoms with Gasteiger partial charge < -0.3 is 15.4 Å². The van der Waals surface area contributed by atoms with Crippen molar-refractivity contribution in [2.24, 2.45) is 5.92 Å². The van der Waals surface area contributed by atoms with E-state index in [-0.39, 0.29) is 17.9 Å². The molecule has 0 unspecified atom stereocenters. The van der Waals surface area contributed by atoms with Gasteiger partial charge in [0.05, 0.1) is 18.7 Å². The number of carbonyl (C=O) groups is 3. The summed E-state index contributed by atoms with van der Waals surface area (Å²) in [6.45, 7) is 4.36. The summed E-state index contributed by atoms with van der Waals surface area (Å²) >= 11 is 0. The highest BCUT2D eigenvalue weighted by Gasteiger charge is 2.36. The Kier molecular flexibility index (Phi) is 6.02. The lowest BCUT2D eigenvalue weighted by Gasteiger charge is -2.35. The summed E-state index contributed by atoms with van der Waals surface area (Å²) in [5.41, 5.74) is 2.38. The van der Waals surface area contributed by atoms with Gasteiger partial charge in [-0.05, 0) is 43.9 Å². The molecule has 0 aromatic heterocycles. The molecule has 28 heavy (non-hydrogen) atoms. The summed E-state index contributed by atoms with van der Waals surface area (Å²) in [6, 6.07) is 6.36. The van der Waals surface area contributed by atoms with Gasteiger partial charge in [0.15, 0.2) is 0 Å². The first-order valence-corrected chi connectivity index (χ1v) is 9.74. The minimum Gasteiger partial charge on any atom is -0.466 e. The minimum atomic E-state index is -0.629. The second-order valence-corrected chi connectivity index (χ2v) is 7.27. The van der Waals surface area contributed by atoms with Gasteiger partial charge in [-0.2, -0.15) is 0 Å². The van der Waals surface area contributed by atoms with Crippen LogP contribution in [-0.4, -0.2) is 36.5 Å². The van der Waals surface area contributed by atoms with Crippen LogP contribution in [0.4, 0.5) is 10.5 Å². The van der Waals surface area contributed by atoms with E-state index in [4.69, 9.17) is 4.74 Å². The van der Waals surface area contributed by atoms with Crippen LogP contribution in [0, 0.1) is 5.92 Å². The number of carbonyl (C=O) groups excluding carboxylic acids is 3. The largest absolute Gasteiger partial charge is 0.466 e. The Morgan fingerprint density at radius 3 is 2.71 bits per heavy atom. The molecule has 150 valence electrons. The average Bonchev–Trinajstić information content (AvgIpc) is 3.52. The summed E-state index contributed by atoms with van der Waals surface area (Å²) in [4.78, 5) is 38.8. The highest BCUT2D eigenvalue weighted by molar-refractivity contribution is 5.96. The molecule has 2 N–H and O–H groups in total. The second-order valence-electron chi connectivity index (χ2n) is 7.27. The molecule has 0 bridgehead atoms. The van der Waals surface area contributed by atoms with E-state index in [1.807, 2.05) is 13.0 Å². The molecule has 1 saturated carbocycles. The first-order valence-electron chi connectivity index (χ1n) is 9.74. The normalized spacial score (nSPS) is 19.3. The summed E-state index contributed by atoms with van der Waals surface area (Å²) < 4.78 is 4.99. The Labute approximate surface area is 165 Å².